The minimum Gasteiger partial charge on any atom is -0.372 e. The Balaban J connectivity index is 2.12. The molecular formula is C9H17NO2. The van der Waals surface area contributed by atoms with Gasteiger partial charge in [0.25, 0.3) is 0 Å². The first-order chi connectivity index (χ1) is 5.56. The Kier molecular flexibility index (Phi) is 2.73. The zero-order chi connectivity index (χ0) is 9.19. The summed E-state index contributed by atoms with van der Waals surface area (Å²) in [6.07, 6.45) is 1.09. The summed E-state index contributed by atoms with van der Waals surface area (Å²) in [5, 5.41) is 2.92. The van der Waals surface area contributed by atoms with Crippen molar-refractivity contribution in [2.75, 3.05) is 13.2 Å². The van der Waals surface area contributed by atoms with E-state index < -0.39 is 0 Å². The molecule has 0 bridgehead atoms. The van der Waals surface area contributed by atoms with Gasteiger partial charge in [0.2, 0.25) is 5.91 Å². The Morgan fingerprint density at radius 1 is 1.67 bits per heavy atom. The van der Waals surface area contributed by atoms with Gasteiger partial charge in [-0.1, -0.05) is 13.8 Å². The number of amides is 1. The zero-order valence-corrected chi connectivity index (χ0v) is 8.02. The fourth-order valence-electron chi connectivity index (χ4n) is 1.14. The van der Waals surface area contributed by atoms with E-state index >= 15 is 0 Å². The summed E-state index contributed by atoms with van der Waals surface area (Å²) >= 11 is 0. The summed E-state index contributed by atoms with van der Waals surface area (Å²) in [7, 11) is 0. The second-order valence-electron chi connectivity index (χ2n) is 3.95. The zero-order valence-electron chi connectivity index (χ0n) is 8.02. The fourth-order valence-corrected chi connectivity index (χ4v) is 1.14. The largest absolute Gasteiger partial charge is 0.372 e. The van der Waals surface area contributed by atoms with Crippen LogP contribution in [0.5, 0.6) is 0 Å². The van der Waals surface area contributed by atoms with Gasteiger partial charge >= 0.3 is 0 Å². The molecule has 3 heteroatoms. The van der Waals surface area contributed by atoms with Crippen LogP contribution in [0.4, 0.5) is 0 Å². The Labute approximate surface area is 73.5 Å². The van der Waals surface area contributed by atoms with E-state index in [0.717, 1.165) is 6.42 Å². The van der Waals surface area contributed by atoms with E-state index in [1.165, 1.54) is 0 Å². The lowest BCUT2D eigenvalue weighted by Gasteiger charge is -2.06. The molecule has 12 heavy (non-hydrogen) atoms. The Hall–Kier alpha value is -0.570. The van der Waals surface area contributed by atoms with Crippen molar-refractivity contribution in [3.05, 3.63) is 0 Å². The van der Waals surface area contributed by atoms with Gasteiger partial charge in [-0.05, 0) is 18.8 Å². The van der Waals surface area contributed by atoms with Crippen LogP contribution >= 0.6 is 0 Å². The van der Waals surface area contributed by atoms with E-state index in [4.69, 9.17) is 4.74 Å². The third-order valence-corrected chi connectivity index (χ3v) is 2.29. The number of nitrogens with one attached hydrogen (secondary N) is 1. The highest BCUT2D eigenvalue weighted by Crippen LogP contribution is 2.44. The molecule has 1 fully saturated rings. The Morgan fingerprint density at radius 2 is 2.25 bits per heavy atom. The van der Waals surface area contributed by atoms with Gasteiger partial charge in [0, 0.05) is 12.6 Å². The first-order valence-corrected chi connectivity index (χ1v) is 4.43. The first kappa shape index (κ1) is 9.52. The highest BCUT2D eigenvalue weighted by molar-refractivity contribution is 5.78. The predicted molar refractivity (Wildman–Crippen MR) is 46.8 cm³/mol. The molecule has 1 N–H and O–H groups in total. The smallest absolute Gasteiger partial charge is 0.246 e. The van der Waals surface area contributed by atoms with Crippen LogP contribution in [0.25, 0.3) is 0 Å². The van der Waals surface area contributed by atoms with Crippen molar-refractivity contribution in [3.63, 3.8) is 0 Å². The molecule has 70 valence electrons. The summed E-state index contributed by atoms with van der Waals surface area (Å²) < 4.78 is 4.98. The van der Waals surface area contributed by atoms with Gasteiger partial charge in [0.05, 0.1) is 0 Å². The number of rotatable bonds is 4. The summed E-state index contributed by atoms with van der Waals surface area (Å²) in [5.74, 6) is 0.00688. The predicted octanol–water partition coefficient (Wildman–Crippen LogP) is 0.938. The molecule has 3 nitrogen and oxygen atoms in total. The van der Waals surface area contributed by atoms with Crippen LogP contribution in [-0.2, 0) is 9.53 Å². The van der Waals surface area contributed by atoms with Gasteiger partial charge in [-0.15, -0.1) is 0 Å². The number of carbonyl (C=O) groups excluding carboxylic acids is 1. The molecule has 0 spiro atoms. The summed E-state index contributed by atoms with van der Waals surface area (Å²) in [6.45, 7) is 6.98. The van der Waals surface area contributed by atoms with E-state index in [1.807, 2.05) is 6.92 Å². The van der Waals surface area contributed by atoms with Gasteiger partial charge in [0.1, 0.15) is 6.61 Å². The van der Waals surface area contributed by atoms with Gasteiger partial charge in [-0.3, -0.25) is 4.79 Å². The van der Waals surface area contributed by atoms with E-state index in [-0.39, 0.29) is 12.5 Å². The molecule has 0 radical (unpaired) electrons. The van der Waals surface area contributed by atoms with E-state index in [1.54, 1.807) is 0 Å². The lowest BCUT2D eigenvalue weighted by molar-refractivity contribution is -0.125. The standard InChI is InChI=1S/C9H17NO2/c1-4-12-6-8(11)10-7-5-9(7,2)3/h7H,4-6H2,1-3H3,(H,10,11). The van der Waals surface area contributed by atoms with Crippen molar-refractivity contribution >= 4 is 5.91 Å². The third kappa shape index (κ3) is 2.48. The van der Waals surface area contributed by atoms with E-state index in [9.17, 15) is 4.79 Å². The van der Waals surface area contributed by atoms with Gasteiger partial charge < -0.3 is 10.1 Å². The average Bonchev–Trinajstić information content (AvgIpc) is 2.54. The summed E-state index contributed by atoms with van der Waals surface area (Å²) in [6, 6.07) is 0.366. The van der Waals surface area contributed by atoms with Crippen molar-refractivity contribution in [1.29, 1.82) is 0 Å². The molecule has 1 unspecified atom stereocenters. The number of hydrogen-bond donors (Lipinski definition) is 1. The van der Waals surface area contributed by atoms with Crippen molar-refractivity contribution in [2.24, 2.45) is 5.41 Å². The molecule has 1 amide bonds. The average molecular weight is 171 g/mol. The molecule has 0 aromatic rings. The molecule has 0 saturated heterocycles. The maximum absolute atomic E-state index is 11.1. The van der Waals surface area contributed by atoms with Crippen LogP contribution in [-0.4, -0.2) is 25.2 Å². The minimum absolute atomic E-state index is 0.00688. The van der Waals surface area contributed by atoms with Crippen LogP contribution in [0, 0.1) is 5.41 Å². The summed E-state index contributed by atoms with van der Waals surface area (Å²) in [5.41, 5.74) is 0.307. The van der Waals surface area contributed by atoms with Gasteiger partial charge in [0.15, 0.2) is 0 Å². The quantitative estimate of drug-likeness (QED) is 0.683. The fraction of sp³-hybridized carbons (Fsp3) is 0.889. The second-order valence-corrected chi connectivity index (χ2v) is 3.95. The first-order valence-electron chi connectivity index (χ1n) is 4.43. The van der Waals surface area contributed by atoms with Gasteiger partial charge in [-0.2, -0.15) is 0 Å². The Bertz CT molecular complexity index is 177. The monoisotopic (exact) mass is 171 g/mol. The molecule has 1 rings (SSSR count). The molecule has 0 heterocycles. The van der Waals surface area contributed by atoms with Crippen LogP contribution < -0.4 is 5.32 Å². The Morgan fingerprint density at radius 3 is 2.67 bits per heavy atom. The van der Waals surface area contributed by atoms with Crippen LogP contribution in [0.15, 0.2) is 0 Å². The molecule has 1 atom stereocenters. The van der Waals surface area contributed by atoms with E-state index in [0.29, 0.717) is 18.1 Å². The van der Waals surface area contributed by atoms with Gasteiger partial charge in [-0.25, -0.2) is 0 Å². The number of carbonyl (C=O) groups is 1. The SMILES string of the molecule is CCOCC(=O)NC1CC1(C)C. The molecular weight excluding hydrogens is 154 g/mol. The second kappa shape index (κ2) is 3.44. The minimum atomic E-state index is 0.00688. The van der Waals surface area contributed by atoms with Crippen molar-refractivity contribution in [1.82, 2.24) is 5.32 Å². The summed E-state index contributed by atoms with van der Waals surface area (Å²) in [4.78, 5) is 11.1. The van der Waals surface area contributed by atoms with Crippen molar-refractivity contribution < 1.29 is 9.53 Å². The molecule has 0 aliphatic heterocycles. The highest BCUT2D eigenvalue weighted by atomic mass is 16.5. The highest BCUT2D eigenvalue weighted by Gasteiger charge is 2.46. The van der Waals surface area contributed by atoms with Crippen LogP contribution in [0.3, 0.4) is 0 Å². The van der Waals surface area contributed by atoms with Crippen molar-refractivity contribution in [2.45, 2.75) is 33.2 Å². The third-order valence-electron chi connectivity index (χ3n) is 2.29. The molecule has 1 saturated carbocycles. The molecule has 0 aromatic heterocycles. The van der Waals surface area contributed by atoms with Crippen molar-refractivity contribution in [3.8, 4) is 0 Å². The lowest BCUT2D eigenvalue weighted by Crippen LogP contribution is -2.31. The molecule has 0 aromatic carbocycles. The molecule has 1 aliphatic rings. The maximum atomic E-state index is 11.1. The van der Waals surface area contributed by atoms with Crippen LogP contribution in [0.2, 0.25) is 0 Å². The molecule has 1 aliphatic carbocycles. The lowest BCUT2D eigenvalue weighted by atomic mass is 10.2. The number of ether oxygens (including phenoxy) is 1. The van der Waals surface area contributed by atoms with Crippen LogP contribution in [0.1, 0.15) is 27.2 Å². The maximum Gasteiger partial charge on any atom is 0.246 e. The normalized spacial score (nSPS) is 25.1. The number of hydrogen-bond acceptors (Lipinski definition) is 2. The topological polar surface area (TPSA) is 38.3 Å². The van der Waals surface area contributed by atoms with E-state index in [2.05, 4.69) is 19.2 Å².